The Balaban J connectivity index is 2.21. The molecule has 7 heteroatoms. The lowest BCUT2D eigenvalue weighted by atomic mass is 10.00. The lowest BCUT2D eigenvalue weighted by Gasteiger charge is -2.14. The van der Waals surface area contributed by atoms with Crippen LogP contribution in [-0.2, 0) is 9.59 Å². The first-order valence-corrected chi connectivity index (χ1v) is 10.2. The standard InChI is InChI=1S/C23H24BrNO5/c1-4-15(2)21(23(27)28)25-14-17-12-18(24)22(19(13-17)29-3)30-20(26)11-10-16-8-6-5-7-9-16/h5-15,21H,4H2,1-3H3,(H,27,28)/b11-10+,25-14?. The van der Waals surface area contributed by atoms with Crippen molar-refractivity contribution >= 4 is 40.2 Å². The van der Waals surface area contributed by atoms with Crippen LogP contribution in [0.4, 0.5) is 0 Å². The van der Waals surface area contributed by atoms with E-state index in [4.69, 9.17) is 9.47 Å². The molecule has 2 aromatic carbocycles. The van der Waals surface area contributed by atoms with Crippen LogP contribution in [0.25, 0.3) is 6.08 Å². The van der Waals surface area contributed by atoms with E-state index in [2.05, 4.69) is 20.9 Å². The summed E-state index contributed by atoms with van der Waals surface area (Å²) < 4.78 is 11.3. The minimum absolute atomic E-state index is 0.0966. The summed E-state index contributed by atoms with van der Waals surface area (Å²) in [5.41, 5.74) is 1.49. The van der Waals surface area contributed by atoms with Gasteiger partial charge >= 0.3 is 11.9 Å². The Labute approximate surface area is 184 Å². The minimum atomic E-state index is -0.970. The molecule has 1 N–H and O–H groups in total. The second-order valence-corrected chi connectivity index (χ2v) is 7.50. The molecule has 0 heterocycles. The summed E-state index contributed by atoms with van der Waals surface area (Å²) in [4.78, 5) is 27.9. The highest BCUT2D eigenvalue weighted by Crippen LogP contribution is 2.36. The number of aliphatic imine (C=N–C) groups is 1. The fraction of sp³-hybridized carbons (Fsp3) is 0.261. The highest BCUT2D eigenvalue weighted by atomic mass is 79.9. The van der Waals surface area contributed by atoms with E-state index in [1.807, 2.05) is 44.2 Å². The molecule has 0 radical (unpaired) electrons. The number of hydrogen-bond acceptors (Lipinski definition) is 5. The third kappa shape index (κ3) is 6.56. The van der Waals surface area contributed by atoms with Crippen LogP contribution in [0.1, 0.15) is 31.4 Å². The maximum atomic E-state index is 12.2. The van der Waals surface area contributed by atoms with Gasteiger partial charge in [-0.1, -0.05) is 50.6 Å². The molecule has 2 unspecified atom stereocenters. The number of halogens is 1. The summed E-state index contributed by atoms with van der Waals surface area (Å²) in [7, 11) is 1.46. The predicted octanol–water partition coefficient (Wildman–Crippen LogP) is 4.99. The zero-order chi connectivity index (χ0) is 22.1. The van der Waals surface area contributed by atoms with Gasteiger partial charge in [0.15, 0.2) is 11.5 Å². The lowest BCUT2D eigenvalue weighted by Crippen LogP contribution is -2.25. The Morgan fingerprint density at radius 3 is 2.50 bits per heavy atom. The summed E-state index contributed by atoms with van der Waals surface area (Å²) in [6, 6.07) is 11.9. The van der Waals surface area contributed by atoms with Crippen molar-refractivity contribution in [1.29, 1.82) is 0 Å². The van der Waals surface area contributed by atoms with Gasteiger partial charge < -0.3 is 14.6 Å². The zero-order valence-corrected chi connectivity index (χ0v) is 18.6. The fourth-order valence-electron chi connectivity index (χ4n) is 2.62. The number of methoxy groups -OCH3 is 1. The highest BCUT2D eigenvalue weighted by Gasteiger charge is 2.22. The first kappa shape index (κ1) is 23.3. The Kier molecular flexibility index (Phi) is 8.80. The molecular weight excluding hydrogens is 450 g/mol. The van der Waals surface area contributed by atoms with Crippen molar-refractivity contribution in [3.63, 3.8) is 0 Å². The maximum absolute atomic E-state index is 12.2. The Morgan fingerprint density at radius 2 is 1.90 bits per heavy atom. The van der Waals surface area contributed by atoms with Gasteiger partial charge in [0.2, 0.25) is 0 Å². The van der Waals surface area contributed by atoms with Crippen LogP contribution in [0, 0.1) is 5.92 Å². The Morgan fingerprint density at radius 1 is 1.20 bits per heavy atom. The van der Waals surface area contributed by atoms with Crippen molar-refractivity contribution in [3.8, 4) is 11.5 Å². The summed E-state index contributed by atoms with van der Waals surface area (Å²) >= 11 is 3.38. The van der Waals surface area contributed by atoms with Crippen molar-refractivity contribution in [2.75, 3.05) is 7.11 Å². The minimum Gasteiger partial charge on any atom is -0.493 e. The molecule has 2 atom stereocenters. The summed E-state index contributed by atoms with van der Waals surface area (Å²) in [5.74, 6) is -1.07. The number of carbonyl (C=O) groups excluding carboxylic acids is 1. The number of carboxylic acids is 1. The Hall–Kier alpha value is -2.93. The number of esters is 1. The van der Waals surface area contributed by atoms with Gasteiger partial charge in [-0.15, -0.1) is 0 Å². The summed E-state index contributed by atoms with van der Waals surface area (Å²) in [5, 5.41) is 9.37. The largest absolute Gasteiger partial charge is 0.493 e. The Bertz CT molecular complexity index is 940. The molecule has 0 amide bonds. The molecule has 0 aliphatic heterocycles. The number of ether oxygens (including phenoxy) is 2. The normalized spacial score (nSPS) is 13.3. The average molecular weight is 474 g/mol. The lowest BCUT2D eigenvalue weighted by molar-refractivity contribution is -0.139. The van der Waals surface area contributed by atoms with Crippen LogP contribution in [0.5, 0.6) is 11.5 Å². The van der Waals surface area contributed by atoms with E-state index in [1.54, 1.807) is 18.2 Å². The quantitative estimate of drug-likeness (QED) is 0.240. The van der Waals surface area contributed by atoms with Crippen LogP contribution in [0.2, 0.25) is 0 Å². The van der Waals surface area contributed by atoms with Gasteiger partial charge in [0.05, 0.1) is 11.6 Å². The fourth-order valence-corrected chi connectivity index (χ4v) is 3.16. The van der Waals surface area contributed by atoms with Gasteiger partial charge in [0, 0.05) is 12.3 Å². The average Bonchev–Trinajstić information content (AvgIpc) is 2.74. The van der Waals surface area contributed by atoms with Gasteiger partial charge in [-0.05, 0) is 51.2 Å². The van der Waals surface area contributed by atoms with E-state index in [9.17, 15) is 14.7 Å². The van der Waals surface area contributed by atoms with Crippen LogP contribution in [0.3, 0.4) is 0 Å². The SMILES string of the molecule is CCC(C)C(N=Cc1cc(Br)c(OC(=O)/C=C/c2ccccc2)c(OC)c1)C(=O)O. The van der Waals surface area contributed by atoms with Gasteiger partial charge in [-0.25, -0.2) is 9.59 Å². The molecular formula is C23H24BrNO5. The molecule has 0 spiro atoms. The second-order valence-electron chi connectivity index (χ2n) is 6.65. The van der Waals surface area contributed by atoms with Crippen LogP contribution >= 0.6 is 15.9 Å². The van der Waals surface area contributed by atoms with Gasteiger partial charge in [-0.3, -0.25) is 4.99 Å². The number of rotatable bonds is 9. The molecule has 30 heavy (non-hydrogen) atoms. The first-order valence-electron chi connectivity index (χ1n) is 9.44. The molecule has 0 aliphatic carbocycles. The molecule has 158 valence electrons. The number of aliphatic carboxylic acids is 1. The number of benzene rings is 2. The van der Waals surface area contributed by atoms with Crippen molar-refractivity contribution in [2.24, 2.45) is 10.9 Å². The van der Waals surface area contributed by atoms with Crippen molar-refractivity contribution in [1.82, 2.24) is 0 Å². The van der Waals surface area contributed by atoms with Crippen LogP contribution < -0.4 is 9.47 Å². The molecule has 0 fully saturated rings. The number of carboxylic acid groups (broad SMARTS) is 1. The third-order valence-electron chi connectivity index (χ3n) is 4.49. The third-order valence-corrected chi connectivity index (χ3v) is 5.08. The van der Waals surface area contributed by atoms with Crippen molar-refractivity contribution in [2.45, 2.75) is 26.3 Å². The maximum Gasteiger partial charge on any atom is 0.336 e. The monoisotopic (exact) mass is 473 g/mol. The number of hydrogen-bond donors (Lipinski definition) is 1. The van der Waals surface area contributed by atoms with E-state index in [0.717, 1.165) is 5.56 Å². The smallest absolute Gasteiger partial charge is 0.336 e. The van der Waals surface area contributed by atoms with Crippen LogP contribution in [0.15, 0.2) is 58.0 Å². The highest BCUT2D eigenvalue weighted by molar-refractivity contribution is 9.10. The van der Waals surface area contributed by atoms with E-state index in [0.29, 0.717) is 22.2 Å². The molecule has 0 aromatic heterocycles. The van der Waals surface area contributed by atoms with Gasteiger partial charge in [0.25, 0.3) is 0 Å². The van der Waals surface area contributed by atoms with E-state index in [1.165, 1.54) is 19.4 Å². The van der Waals surface area contributed by atoms with Crippen LogP contribution in [-0.4, -0.2) is 36.4 Å². The number of nitrogens with zero attached hydrogens (tertiary/aromatic N) is 1. The molecule has 0 saturated heterocycles. The van der Waals surface area contributed by atoms with Crippen molar-refractivity contribution in [3.05, 3.63) is 64.1 Å². The molecule has 0 saturated carbocycles. The molecule has 0 bridgehead atoms. The molecule has 2 rings (SSSR count). The molecule has 6 nitrogen and oxygen atoms in total. The van der Waals surface area contributed by atoms with E-state index in [-0.39, 0.29) is 11.7 Å². The summed E-state index contributed by atoms with van der Waals surface area (Å²) in [6.45, 7) is 3.77. The van der Waals surface area contributed by atoms with E-state index >= 15 is 0 Å². The topological polar surface area (TPSA) is 85.2 Å². The van der Waals surface area contributed by atoms with Gasteiger partial charge in [-0.2, -0.15) is 0 Å². The molecule has 0 aliphatic rings. The molecule has 2 aromatic rings. The van der Waals surface area contributed by atoms with Crippen molar-refractivity contribution < 1.29 is 24.2 Å². The zero-order valence-electron chi connectivity index (χ0n) is 17.0. The predicted molar refractivity (Wildman–Crippen MR) is 120 cm³/mol. The summed E-state index contributed by atoms with van der Waals surface area (Å²) in [6.07, 6.45) is 5.18. The van der Waals surface area contributed by atoms with Gasteiger partial charge in [0.1, 0.15) is 6.04 Å². The van der Waals surface area contributed by atoms with E-state index < -0.39 is 18.0 Å². The number of carbonyl (C=O) groups is 2. The second kappa shape index (κ2) is 11.3. The first-order chi connectivity index (χ1) is 14.3.